The van der Waals surface area contributed by atoms with Crippen LogP contribution in [0.1, 0.15) is 18.1 Å². The molecule has 0 aromatic heterocycles. The zero-order chi connectivity index (χ0) is 14.1. The molecular weight excluding hydrogens is 431 g/mol. The second-order valence-electron chi connectivity index (χ2n) is 4.78. The van der Waals surface area contributed by atoms with Crippen molar-refractivity contribution in [3.63, 3.8) is 0 Å². The summed E-state index contributed by atoms with van der Waals surface area (Å²) in [6.07, 6.45) is 1.74. The van der Waals surface area contributed by atoms with Crippen LogP contribution in [0.15, 0.2) is 40.9 Å². The van der Waals surface area contributed by atoms with E-state index in [1.807, 2.05) is 19.1 Å². The highest BCUT2D eigenvalue weighted by molar-refractivity contribution is 14.1. The van der Waals surface area contributed by atoms with Crippen molar-refractivity contribution in [1.29, 1.82) is 0 Å². The molecule has 0 fully saturated rings. The molecule has 0 amide bonds. The summed E-state index contributed by atoms with van der Waals surface area (Å²) >= 11 is 5.96. The van der Waals surface area contributed by atoms with Gasteiger partial charge < -0.3 is 9.47 Å². The van der Waals surface area contributed by atoms with Crippen LogP contribution in [0.4, 0.5) is 0 Å². The minimum absolute atomic E-state index is 0.185. The quantitative estimate of drug-likeness (QED) is 0.623. The first-order valence-electron chi connectivity index (χ1n) is 6.52. The lowest BCUT2D eigenvalue weighted by molar-refractivity contribution is 0.0674. The minimum Gasteiger partial charge on any atom is -0.451 e. The molecular formula is C16H14BrIO2. The lowest BCUT2D eigenvalue weighted by Gasteiger charge is -2.08. The standard InChI is InChI=1S/C16H14BrIO2/c1-10-19-15-4-2-3-11(16(15)20-10)5-6-12-9-13(18)7-8-14(12)17/h2-4,7-10H,5-6H2,1H3. The number of rotatable bonds is 3. The Morgan fingerprint density at radius 3 is 2.75 bits per heavy atom. The van der Waals surface area contributed by atoms with Crippen LogP contribution in [0.2, 0.25) is 0 Å². The maximum absolute atomic E-state index is 5.74. The van der Waals surface area contributed by atoms with Gasteiger partial charge in [0.05, 0.1) is 0 Å². The van der Waals surface area contributed by atoms with Crippen molar-refractivity contribution in [2.45, 2.75) is 26.1 Å². The monoisotopic (exact) mass is 444 g/mol. The summed E-state index contributed by atoms with van der Waals surface area (Å²) in [5.41, 5.74) is 2.53. The van der Waals surface area contributed by atoms with Crippen LogP contribution in [0.3, 0.4) is 0 Å². The van der Waals surface area contributed by atoms with E-state index in [0.717, 1.165) is 28.8 Å². The number of hydrogen-bond donors (Lipinski definition) is 0. The summed E-state index contributed by atoms with van der Waals surface area (Å²) in [6.45, 7) is 1.92. The van der Waals surface area contributed by atoms with Crippen molar-refractivity contribution >= 4 is 38.5 Å². The van der Waals surface area contributed by atoms with E-state index in [1.54, 1.807) is 0 Å². The predicted octanol–water partition coefficient (Wildman–Crippen LogP) is 4.96. The fourth-order valence-corrected chi connectivity index (χ4v) is 3.36. The molecule has 0 radical (unpaired) electrons. The molecule has 3 rings (SSSR count). The zero-order valence-electron chi connectivity index (χ0n) is 11.0. The van der Waals surface area contributed by atoms with E-state index in [0.29, 0.717) is 0 Å². The Balaban J connectivity index is 1.80. The molecule has 1 aliphatic heterocycles. The van der Waals surface area contributed by atoms with E-state index in [1.165, 1.54) is 14.7 Å². The van der Waals surface area contributed by atoms with E-state index in [2.05, 4.69) is 62.8 Å². The molecule has 20 heavy (non-hydrogen) atoms. The van der Waals surface area contributed by atoms with Gasteiger partial charge in [-0.25, -0.2) is 0 Å². The number of aryl methyl sites for hydroxylation is 2. The molecule has 0 N–H and O–H groups in total. The van der Waals surface area contributed by atoms with E-state index in [4.69, 9.17) is 9.47 Å². The van der Waals surface area contributed by atoms with Gasteiger partial charge in [0.25, 0.3) is 0 Å². The number of fused-ring (bicyclic) bond motifs is 1. The first-order chi connectivity index (χ1) is 9.63. The second kappa shape index (κ2) is 5.93. The molecule has 2 aromatic carbocycles. The van der Waals surface area contributed by atoms with Crippen molar-refractivity contribution in [1.82, 2.24) is 0 Å². The van der Waals surface area contributed by atoms with Crippen LogP contribution in [0, 0.1) is 3.57 Å². The van der Waals surface area contributed by atoms with Crippen molar-refractivity contribution < 1.29 is 9.47 Å². The molecule has 0 aliphatic carbocycles. The molecule has 0 saturated carbocycles. The summed E-state index contributed by atoms with van der Waals surface area (Å²) in [6, 6.07) is 12.5. The molecule has 2 aromatic rings. The number of para-hydroxylation sites is 1. The number of halogens is 2. The van der Waals surface area contributed by atoms with E-state index < -0.39 is 0 Å². The predicted molar refractivity (Wildman–Crippen MR) is 91.4 cm³/mol. The normalized spacial score (nSPS) is 16.4. The molecule has 104 valence electrons. The van der Waals surface area contributed by atoms with Crippen LogP contribution in [0.5, 0.6) is 11.5 Å². The third-order valence-corrected chi connectivity index (χ3v) is 4.75. The molecule has 0 bridgehead atoms. The third kappa shape index (κ3) is 2.96. The average molecular weight is 445 g/mol. The summed E-state index contributed by atoms with van der Waals surface area (Å²) in [4.78, 5) is 0. The first-order valence-corrected chi connectivity index (χ1v) is 8.40. The Morgan fingerprint density at radius 2 is 1.90 bits per heavy atom. The maximum atomic E-state index is 5.74. The summed E-state index contributed by atoms with van der Waals surface area (Å²) < 4.78 is 13.8. The Hall–Kier alpha value is -0.750. The van der Waals surface area contributed by atoms with Gasteiger partial charge in [0.15, 0.2) is 11.5 Å². The van der Waals surface area contributed by atoms with E-state index in [-0.39, 0.29) is 6.29 Å². The van der Waals surface area contributed by atoms with Crippen molar-refractivity contribution in [2.24, 2.45) is 0 Å². The lowest BCUT2D eigenvalue weighted by atomic mass is 10.0. The highest BCUT2D eigenvalue weighted by Crippen LogP contribution is 2.38. The minimum atomic E-state index is -0.185. The van der Waals surface area contributed by atoms with Gasteiger partial charge in [0.1, 0.15) is 0 Å². The fraction of sp³-hybridized carbons (Fsp3) is 0.250. The van der Waals surface area contributed by atoms with Gasteiger partial charge in [-0.3, -0.25) is 0 Å². The Kier molecular flexibility index (Phi) is 4.21. The first kappa shape index (κ1) is 14.2. The fourth-order valence-electron chi connectivity index (χ4n) is 2.36. The Labute approximate surface area is 140 Å². The Bertz CT molecular complexity index is 642. The summed E-state index contributed by atoms with van der Waals surface area (Å²) in [5.74, 6) is 1.76. The average Bonchev–Trinajstić information content (AvgIpc) is 2.80. The van der Waals surface area contributed by atoms with Crippen LogP contribution >= 0.6 is 38.5 Å². The van der Waals surface area contributed by atoms with Crippen molar-refractivity contribution in [3.8, 4) is 11.5 Å². The molecule has 0 saturated heterocycles. The second-order valence-corrected chi connectivity index (χ2v) is 6.88. The Morgan fingerprint density at radius 1 is 1.10 bits per heavy atom. The van der Waals surface area contributed by atoms with Gasteiger partial charge >= 0.3 is 0 Å². The summed E-state index contributed by atoms with van der Waals surface area (Å²) in [5, 5.41) is 0. The van der Waals surface area contributed by atoms with Crippen LogP contribution < -0.4 is 9.47 Å². The van der Waals surface area contributed by atoms with Gasteiger partial charge in [-0.2, -0.15) is 0 Å². The van der Waals surface area contributed by atoms with Gasteiger partial charge in [-0.1, -0.05) is 28.1 Å². The van der Waals surface area contributed by atoms with Gasteiger partial charge in [-0.05, 0) is 70.8 Å². The number of benzene rings is 2. The molecule has 1 unspecified atom stereocenters. The highest BCUT2D eigenvalue weighted by atomic mass is 127. The zero-order valence-corrected chi connectivity index (χ0v) is 14.8. The molecule has 1 aliphatic rings. The van der Waals surface area contributed by atoms with Gasteiger partial charge in [0, 0.05) is 15.0 Å². The van der Waals surface area contributed by atoms with Gasteiger partial charge in [0.2, 0.25) is 6.29 Å². The summed E-state index contributed by atoms with van der Waals surface area (Å²) in [7, 11) is 0. The smallest absolute Gasteiger partial charge is 0.238 e. The maximum Gasteiger partial charge on any atom is 0.238 e. The SMILES string of the molecule is CC1Oc2cccc(CCc3cc(I)ccc3Br)c2O1. The van der Waals surface area contributed by atoms with Crippen molar-refractivity contribution in [3.05, 3.63) is 55.6 Å². The molecule has 1 atom stereocenters. The lowest BCUT2D eigenvalue weighted by Crippen LogP contribution is -2.11. The van der Waals surface area contributed by atoms with E-state index >= 15 is 0 Å². The topological polar surface area (TPSA) is 18.5 Å². The highest BCUT2D eigenvalue weighted by Gasteiger charge is 2.22. The third-order valence-electron chi connectivity index (χ3n) is 3.31. The largest absolute Gasteiger partial charge is 0.451 e. The molecule has 0 spiro atoms. The van der Waals surface area contributed by atoms with Crippen LogP contribution in [-0.4, -0.2) is 6.29 Å². The molecule has 1 heterocycles. The molecule has 4 heteroatoms. The van der Waals surface area contributed by atoms with Crippen molar-refractivity contribution in [2.75, 3.05) is 0 Å². The van der Waals surface area contributed by atoms with Crippen LogP contribution in [-0.2, 0) is 12.8 Å². The number of ether oxygens (including phenoxy) is 2. The van der Waals surface area contributed by atoms with Gasteiger partial charge in [-0.15, -0.1) is 0 Å². The van der Waals surface area contributed by atoms with Crippen LogP contribution in [0.25, 0.3) is 0 Å². The van der Waals surface area contributed by atoms with E-state index in [9.17, 15) is 0 Å². The number of hydrogen-bond acceptors (Lipinski definition) is 2. The molecule has 2 nitrogen and oxygen atoms in total.